The van der Waals surface area contributed by atoms with E-state index in [2.05, 4.69) is 20.3 Å². The van der Waals surface area contributed by atoms with E-state index in [0.717, 1.165) is 49.2 Å². The standard InChI is InChI=1S/C29H37N7O2/c1-2-37-26-20-24(14-15-25(26)38-22-23-12-6-3-7-13-23)21-30-34-27-31-28(35-16-8-4-9-17-35)33-29(32-27)36-18-10-5-11-19-36/h3,6-7,12-15,20-21H,2,4-5,8-11,16-19,22H2,1H3,(H,31,32,33,34)/b30-21+. The average molecular weight is 516 g/mol. The predicted molar refractivity (Wildman–Crippen MR) is 152 cm³/mol. The van der Waals surface area contributed by atoms with Gasteiger partial charge in [-0.25, -0.2) is 5.43 Å². The average Bonchev–Trinajstić information content (AvgIpc) is 2.98. The summed E-state index contributed by atoms with van der Waals surface area (Å²) in [5.74, 6) is 3.32. The van der Waals surface area contributed by atoms with Gasteiger partial charge in [-0.1, -0.05) is 30.3 Å². The lowest BCUT2D eigenvalue weighted by molar-refractivity contribution is 0.269. The van der Waals surface area contributed by atoms with Gasteiger partial charge in [-0.05, 0) is 74.8 Å². The Kier molecular flexibility index (Phi) is 8.86. The molecule has 38 heavy (non-hydrogen) atoms. The molecule has 2 aromatic carbocycles. The molecule has 2 aliphatic rings. The number of hydrogen-bond acceptors (Lipinski definition) is 9. The minimum absolute atomic E-state index is 0.463. The Bertz CT molecular complexity index is 1160. The van der Waals surface area contributed by atoms with E-state index < -0.39 is 0 Å². The zero-order chi connectivity index (χ0) is 26.0. The van der Waals surface area contributed by atoms with Gasteiger partial charge in [-0.2, -0.15) is 20.1 Å². The van der Waals surface area contributed by atoms with Crippen molar-refractivity contribution in [3.63, 3.8) is 0 Å². The summed E-state index contributed by atoms with van der Waals surface area (Å²) in [6, 6.07) is 15.9. The van der Waals surface area contributed by atoms with E-state index in [1.54, 1.807) is 6.21 Å². The lowest BCUT2D eigenvalue weighted by Gasteiger charge is -2.30. The van der Waals surface area contributed by atoms with Gasteiger partial charge in [0.1, 0.15) is 6.61 Å². The second-order valence-corrected chi connectivity index (χ2v) is 9.64. The van der Waals surface area contributed by atoms with Crippen LogP contribution in [0.25, 0.3) is 0 Å². The third kappa shape index (κ3) is 6.90. The van der Waals surface area contributed by atoms with Crippen LogP contribution in [-0.4, -0.2) is 54.0 Å². The van der Waals surface area contributed by atoms with Crippen LogP contribution in [0.15, 0.2) is 53.6 Å². The van der Waals surface area contributed by atoms with Crippen LogP contribution in [0.2, 0.25) is 0 Å². The third-order valence-electron chi connectivity index (χ3n) is 6.77. The number of nitrogens with zero attached hydrogens (tertiary/aromatic N) is 6. The first-order chi connectivity index (χ1) is 18.8. The molecule has 2 aliphatic heterocycles. The Morgan fingerprint density at radius 3 is 2.08 bits per heavy atom. The summed E-state index contributed by atoms with van der Waals surface area (Å²) < 4.78 is 11.9. The molecule has 0 radical (unpaired) electrons. The zero-order valence-electron chi connectivity index (χ0n) is 22.2. The highest BCUT2D eigenvalue weighted by Gasteiger charge is 2.20. The Morgan fingerprint density at radius 1 is 0.789 bits per heavy atom. The maximum Gasteiger partial charge on any atom is 0.250 e. The van der Waals surface area contributed by atoms with E-state index in [9.17, 15) is 0 Å². The van der Waals surface area contributed by atoms with Gasteiger partial charge in [0, 0.05) is 26.2 Å². The Hall–Kier alpha value is -3.88. The van der Waals surface area contributed by atoms with Gasteiger partial charge in [0.25, 0.3) is 0 Å². The predicted octanol–water partition coefficient (Wildman–Crippen LogP) is 5.28. The number of ether oxygens (including phenoxy) is 2. The molecule has 0 spiro atoms. The van der Waals surface area contributed by atoms with Gasteiger partial charge in [0.15, 0.2) is 11.5 Å². The van der Waals surface area contributed by atoms with E-state index in [-0.39, 0.29) is 0 Å². The molecule has 9 nitrogen and oxygen atoms in total. The molecule has 0 unspecified atom stereocenters. The molecule has 2 fully saturated rings. The number of piperidine rings is 2. The van der Waals surface area contributed by atoms with Crippen LogP contribution in [0.3, 0.4) is 0 Å². The van der Waals surface area contributed by atoms with Crippen molar-refractivity contribution < 1.29 is 9.47 Å². The van der Waals surface area contributed by atoms with Gasteiger partial charge >= 0.3 is 0 Å². The summed E-state index contributed by atoms with van der Waals surface area (Å²) in [6.45, 7) is 6.90. The minimum atomic E-state index is 0.463. The fourth-order valence-corrected chi connectivity index (χ4v) is 4.77. The minimum Gasteiger partial charge on any atom is -0.490 e. The smallest absolute Gasteiger partial charge is 0.250 e. The summed E-state index contributed by atoms with van der Waals surface area (Å²) in [5.41, 5.74) is 5.04. The maximum atomic E-state index is 6.02. The van der Waals surface area contributed by atoms with E-state index in [0.29, 0.717) is 30.7 Å². The molecule has 200 valence electrons. The summed E-state index contributed by atoms with van der Waals surface area (Å²) in [7, 11) is 0. The second kappa shape index (κ2) is 13.1. The highest BCUT2D eigenvalue weighted by atomic mass is 16.5. The molecule has 0 saturated carbocycles. The molecule has 9 heteroatoms. The molecular weight excluding hydrogens is 478 g/mol. The summed E-state index contributed by atoms with van der Waals surface area (Å²) in [6.07, 6.45) is 8.93. The van der Waals surface area contributed by atoms with Crippen LogP contribution in [0.5, 0.6) is 11.5 Å². The first-order valence-electron chi connectivity index (χ1n) is 13.8. The topological polar surface area (TPSA) is 88.0 Å². The first kappa shape index (κ1) is 25.8. The highest BCUT2D eigenvalue weighted by molar-refractivity contribution is 5.81. The van der Waals surface area contributed by atoms with Gasteiger partial charge < -0.3 is 19.3 Å². The third-order valence-corrected chi connectivity index (χ3v) is 6.77. The maximum absolute atomic E-state index is 6.02. The summed E-state index contributed by atoms with van der Waals surface area (Å²) >= 11 is 0. The molecule has 0 bridgehead atoms. The van der Waals surface area contributed by atoms with Gasteiger partial charge in [0.05, 0.1) is 12.8 Å². The van der Waals surface area contributed by atoms with Crippen LogP contribution in [0.1, 0.15) is 56.6 Å². The molecule has 3 heterocycles. The van der Waals surface area contributed by atoms with Crippen molar-refractivity contribution in [3.8, 4) is 11.5 Å². The van der Waals surface area contributed by atoms with Crippen molar-refractivity contribution in [1.29, 1.82) is 0 Å². The van der Waals surface area contributed by atoms with Crippen molar-refractivity contribution in [2.45, 2.75) is 52.1 Å². The number of nitrogens with one attached hydrogen (secondary N) is 1. The lowest BCUT2D eigenvalue weighted by Crippen LogP contribution is -2.34. The molecule has 3 aromatic rings. The first-order valence-corrected chi connectivity index (χ1v) is 13.8. The van der Waals surface area contributed by atoms with Crippen LogP contribution < -0.4 is 24.7 Å². The number of aromatic nitrogens is 3. The van der Waals surface area contributed by atoms with Gasteiger partial charge in [-0.15, -0.1) is 0 Å². The van der Waals surface area contributed by atoms with E-state index >= 15 is 0 Å². The van der Waals surface area contributed by atoms with E-state index in [1.807, 2.05) is 55.5 Å². The van der Waals surface area contributed by atoms with Crippen LogP contribution in [0.4, 0.5) is 17.8 Å². The summed E-state index contributed by atoms with van der Waals surface area (Å²) in [5, 5.41) is 4.45. The van der Waals surface area contributed by atoms with Crippen LogP contribution >= 0.6 is 0 Å². The van der Waals surface area contributed by atoms with Crippen molar-refractivity contribution in [2.75, 3.05) is 48.0 Å². The van der Waals surface area contributed by atoms with Crippen LogP contribution in [-0.2, 0) is 6.61 Å². The monoisotopic (exact) mass is 515 g/mol. The molecule has 0 aliphatic carbocycles. The molecule has 0 atom stereocenters. The van der Waals surface area contributed by atoms with Crippen molar-refractivity contribution >= 4 is 24.1 Å². The second-order valence-electron chi connectivity index (χ2n) is 9.64. The van der Waals surface area contributed by atoms with E-state index in [4.69, 9.17) is 24.4 Å². The van der Waals surface area contributed by atoms with Crippen molar-refractivity contribution in [1.82, 2.24) is 15.0 Å². The Labute approximate surface area is 224 Å². The molecule has 5 rings (SSSR count). The Morgan fingerprint density at radius 2 is 1.45 bits per heavy atom. The molecule has 1 aromatic heterocycles. The molecule has 2 saturated heterocycles. The molecule has 1 N–H and O–H groups in total. The van der Waals surface area contributed by atoms with Crippen LogP contribution in [0, 0.1) is 0 Å². The van der Waals surface area contributed by atoms with E-state index in [1.165, 1.54) is 38.5 Å². The largest absolute Gasteiger partial charge is 0.490 e. The quantitative estimate of drug-likeness (QED) is 0.288. The fraction of sp³-hybridized carbons (Fsp3) is 0.448. The van der Waals surface area contributed by atoms with Gasteiger partial charge in [-0.3, -0.25) is 0 Å². The number of hydrogen-bond donors (Lipinski definition) is 1. The molecule has 0 amide bonds. The highest BCUT2D eigenvalue weighted by Crippen LogP contribution is 2.29. The lowest BCUT2D eigenvalue weighted by atomic mass is 10.1. The number of anilines is 3. The van der Waals surface area contributed by atoms with Gasteiger partial charge in [0.2, 0.25) is 17.8 Å². The number of benzene rings is 2. The fourth-order valence-electron chi connectivity index (χ4n) is 4.77. The van der Waals surface area contributed by atoms with Crippen molar-refractivity contribution in [2.24, 2.45) is 5.10 Å². The normalized spacial score (nSPS) is 16.0. The number of hydrazone groups is 1. The number of rotatable bonds is 10. The van der Waals surface area contributed by atoms with Crippen molar-refractivity contribution in [3.05, 3.63) is 59.7 Å². The Balaban J connectivity index is 1.30. The summed E-state index contributed by atoms with van der Waals surface area (Å²) in [4.78, 5) is 18.8. The zero-order valence-corrected chi connectivity index (χ0v) is 22.2. The molecular formula is C29H37N7O2. The SMILES string of the molecule is CCOc1cc(/C=N/Nc2nc(N3CCCCC3)nc(N3CCCCC3)n2)ccc1OCc1ccccc1.